The molecule has 0 amide bonds. The average molecular weight is 281 g/mol. The number of benzene rings is 1. The van der Waals surface area contributed by atoms with E-state index < -0.39 is 0 Å². The molecule has 2 nitrogen and oxygen atoms in total. The van der Waals surface area contributed by atoms with E-state index in [2.05, 4.69) is 28.7 Å². The van der Waals surface area contributed by atoms with Crippen LogP contribution in [0.15, 0.2) is 29.6 Å². The van der Waals surface area contributed by atoms with E-state index in [0.717, 1.165) is 34.3 Å². The molecule has 1 heterocycles. The van der Waals surface area contributed by atoms with Crippen LogP contribution in [0.2, 0.25) is 5.02 Å². The summed E-state index contributed by atoms with van der Waals surface area (Å²) in [4.78, 5) is 4.58. The lowest BCUT2D eigenvalue weighted by molar-refractivity contribution is 0.595. The summed E-state index contributed by atoms with van der Waals surface area (Å²) in [5.74, 6) is 0. The zero-order chi connectivity index (χ0) is 13.0. The summed E-state index contributed by atoms with van der Waals surface area (Å²) in [5.41, 5.74) is 2.16. The van der Waals surface area contributed by atoms with E-state index in [-0.39, 0.29) is 6.04 Å². The van der Waals surface area contributed by atoms with Crippen LogP contribution in [-0.2, 0) is 0 Å². The van der Waals surface area contributed by atoms with E-state index in [9.17, 15) is 0 Å². The van der Waals surface area contributed by atoms with Gasteiger partial charge in [0.25, 0.3) is 0 Å². The molecular weight excluding hydrogens is 264 g/mol. The molecule has 0 radical (unpaired) electrons. The minimum absolute atomic E-state index is 0.0948. The van der Waals surface area contributed by atoms with Crippen molar-refractivity contribution in [2.24, 2.45) is 0 Å². The average Bonchev–Trinajstić information content (AvgIpc) is 2.78. The quantitative estimate of drug-likeness (QED) is 0.888. The number of nitrogens with zero attached hydrogens (tertiary/aromatic N) is 1. The van der Waals surface area contributed by atoms with E-state index in [1.165, 1.54) is 0 Å². The third kappa shape index (κ3) is 3.10. The summed E-state index contributed by atoms with van der Waals surface area (Å²) < 4.78 is 0. The molecule has 0 bridgehead atoms. The Bertz CT molecular complexity index is 510. The molecule has 0 fully saturated rings. The Labute approximate surface area is 117 Å². The number of rotatable bonds is 5. The van der Waals surface area contributed by atoms with Crippen molar-refractivity contribution in [1.82, 2.24) is 10.3 Å². The minimum atomic E-state index is 0.0948. The van der Waals surface area contributed by atoms with E-state index >= 15 is 0 Å². The molecule has 4 heteroatoms. The molecular formula is C14H17ClN2S. The Balaban J connectivity index is 2.33. The Morgan fingerprint density at radius 2 is 2.17 bits per heavy atom. The van der Waals surface area contributed by atoms with Crippen LogP contribution >= 0.6 is 22.9 Å². The van der Waals surface area contributed by atoms with Gasteiger partial charge in [0.2, 0.25) is 0 Å². The first-order valence-corrected chi connectivity index (χ1v) is 7.38. The molecule has 1 unspecified atom stereocenters. The van der Waals surface area contributed by atoms with E-state index in [1.54, 1.807) is 11.3 Å². The predicted molar refractivity (Wildman–Crippen MR) is 78.4 cm³/mol. The second kappa shape index (κ2) is 6.32. The Morgan fingerprint density at radius 3 is 2.78 bits per heavy atom. The molecule has 0 spiro atoms. The van der Waals surface area contributed by atoms with Crippen LogP contribution in [0.1, 0.15) is 35.7 Å². The number of thiazole rings is 1. The Morgan fingerprint density at radius 1 is 1.39 bits per heavy atom. The SMILES string of the molecule is CCCNC(c1nc(C)cs1)c1ccccc1Cl. The van der Waals surface area contributed by atoms with Gasteiger partial charge < -0.3 is 5.32 Å². The molecule has 2 rings (SSSR count). The fourth-order valence-corrected chi connectivity index (χ4v) is 2.96. The number of nitrogens with one attached hydrogen (secondary N) is 1. The molecule has 1 aromatic carbocycles. The lowest BCUT2D eigenvalue weighted by Crippen LogP contribution is -2.23. The number of halogens is 1. The monoisotopic (exact) mass is 280 g/mol. The Kier molecular flexibility index (Phi) is 4.75. The zero-order valence-corrected chi connectivity index (χ0v) is 12.2. The van der Waals surface area contributed by atoms with Gasteiger partial charge in [0.15, 0.2) is 0 Å². The highest BCUT2D eigenvalue weighted by molar-refractivity contribution is 7.09. The van der Waals surface area contributed by atoms with Gasteiger partial charge in [0.1, 0.15) is 5.01 Å². The van der Waals surface area contributed by atoms with Gasteiger partial charge in [-0.3, -0.25) is 0 Å². The van der Waals surface area contributed by atoms with Crippen LogP contribution in [0.3, 0.4) is 0 Å². The van der Waals surface area contributed by atoms with Crippen molar-refractivity contribution in [1.29, 1.82) is 0 Å². The van der Waals surface area contributed by atoms with Crippen molar-refractivity contribution < 1.29 is 0 Å². The van der Waals surface area contributed by atoms with Gasteiger partial charge in [0, 0.05) is 16.1 Å². The van der Waals surface area contributed by atoms with Crippen LogP contribution in [-0.4, -0.2) is 11.5 Å². The fourth-order valence-electron chi connectivity index (χ4n) is 1.83. The number of hydrogen-bond acceptors (Lipinski definition) is 3. The van der Waals surface area contributed by atoms with Crippen molar-refractivity contribution >= 4 is 22.9 Å². The predicted octanol–water partition coefficient (Wildman–Crippen LogP) is 4.19. The standard InChI is InChI=1S/C14H17ClN2S/c1-3-8-16-13(14-17-10(2)9-18-14)11-6-4-5-7-12(11)15/h4-7,9,13,16H,3,8H2,1-2H3. The van der Waals surface area contributed by atoms with Crippen molar-refractivity contribution in [3.8, 4) is 0 Å². The van der Waals surface area contributed by atoms with Crippen molar-refractivity contribution in [3.63, 3.8) is 0 Å². The maximum absolute atomic E-state index is 6.29. The summed E-state index contributed by atoms with van der Waals surface area (Å²) >= 11 is 7.97. The second-order valence-corrected chi connectivity index (χ2v) is 5.53. The van der Waals surface area contributed by atoms with Crippen LogP contribution in [0.5, 0.6) is 0 Å². The normalized spacial score (nSPS) is 12.6. The number of hydrogen-bond donors (Lipinski definition) is 1. The van der Waals surface area contributed by atoms with Crippen molar-refractivity contribution in [2.75, 3.05) is 6.54 Å². The smallest absolute Gasteiger partial charge is 0.114 e. The molecule has 0 aliphatic carbocycles. The van der Waals surface area contributed by atoms with Crippen molar-refractivity contribution in [3.05, 3.63) is 50.9 Å². The molecule has 1 atom stereocenters. The molecule has 0 saturated carbocycles. The van der Waals surface area contributed by atoms with Gasteiger partial charge in [-0.15, -0.1) is 11.3 Å². The molecule has 1 N–H and O–H groups in total. The van der Waals surface area contributed by atoms with Crippen LogP contribution in [0, 0.1) is 6.92 Å². The molecule has 0 aliphatic rings. The highest BCUT2D eigenvalue weighted by Crippen LogP contribution is 2.29. The van der Waals surface area contributed by atoms with Gasteiger partial charge in [-0.2, -0.15) is 0 Å². The fraction of sp³-hybridized carbons (Fsp3) is 0.357. The lowest BCUT2D eigenvalue weighted by Gasteiger charge is -2.17. The largest absolute Gasteiger partial charge is 0.304 e. The molecule has 0 aliphatic heterocycles. The number of aryl methyl sites for hydroxylation is 1. The summed E-state index contributed by atoms with van der Waals surface area (Å²) in [6.45, 7) is 5.13. The third-order valence-corrected chi connectivity index (χ3v) is 4.07. The molecule has 18 heavy (non-hydrogen) atoms. The maximum Gasteiger partial charge on any atom is 0.114 e. The molecule has 0 saturated heterocycles. The number of aromatic nitrogens is 1. The van der Waals surface area contributed by atoms with Crippen LogP contribution in [0.25, 0.3) is 0 Å². The van der Waals surface area contributed by atoms with E-state index in [0.29, 0.717) is 0 Å². The van der Waals surface area contributed by atoms with Gasteiger partial charge in [-0.25, -0.2) is 4.98 Å². The minimum Gasteiger partial charge on any atom is -0.304 e. The van der Waals surface area contributed by atoms with Crippen LogP contribution < -0.4 is 5.32 Å². The Hall–Kier alpha value is -0.900. The van der Waals surface area contributed by atoms with E-state index in [4.69, 9.17) is 11.6 Å². The summed E-state index contributed by atoms with van der Waals surface area (Å²) in [6, 6.07) is 8.06. The first-order valence-electron chi connectivity index (χ1n) is 6.12. The lowest BCUT2D eigenvalue weighted by atomic mass is 10.1. The van der Waals surface area contributed by atoms with Crippen LogP contribution in [0.4, 0.5) is 0 Å². The van der Waals surface area contributed by atoms with Gasteiger partial charge >= 0.3 is 0 Å². The second-order valence-electron chi connectivity index (χ2n) is 4.24. The first kappa shape index (κ1) is 13.5. The molecule has 1 aromatic heterocycles. The van der Waals surface area contributed by atoms with Gasteiger partial charge in [0.05, 0.1) is 6.04 Å². The summed E-state index contributed by atoms with van der Waals surface area (Å²) in [5, 5.41) is 7.46. The maximum atomic E-state index is 6.29. The summed E-state index contributed by atoms with van der Waals surface area (Å²) in [6.07, 6.45) is 1.09. The summed E-state index contributed by atoms with van der Waals surface area (Å²) in [7, 11) is 0. The third-order valence-electron chi connectivity index (χ3n) is 2.70. The molecule has 2 aromatic rings. The van der Waals surface area contributed by atoms with Crippen molar-refractivity contribution in [2.45, 2.75) is 26.3 Å². The van der Waals surface area contributed by atoms with Gasteiger partial charge in [-0.05, 0) is 31.5 Å². The highest BCUT2D eigenvalue weighted by Gasteiger charge is 2.18. The zero-order valence-electron chi connectivity index (χ0n) is 10.6. The highest BCUT2D eigenvalue weighted by atomic mass is 35.5. The molecule has 96 valence electrons. The first-order chi connectivity index (χ1) is 8.72. The topological polar surface area (TPSA) is 24.9 Å². The van der Waals surface area contributed by atoms with Gasteiger partial charge in [-0.1, -0.05) is 36.7 Å². The van der Waals surface area contributed by atoms with E-state index in [1.807, 2.05) is 25.1 Å².